The number of hydrogen-bond acceptors (Lipinski definition) is 3. The number of anilines is 1. The number of aryl methyl sites for hydroxylation is 1. The molecule has 3 rings (SSSR count). The lowest BCUT2D eigenvalue weighted by Gasteiger charge is -2.08. The highest BCUT2D eigenvalue weighted by atomic mass is 32.2. The number of fused-ring (bicyclic) bond motifs is 1. The Kier molecular flexibility index (Phi) is 3.13. The summed E-state index contributed by atoms with van der Waals surface area (Å²) in [6, 6.07) is 9.93. The van der Waals surface area contributed by atoms with E-state index in [1.807, 2.05) is 6.92 Å². The summed E-state index contributed by atoms with van der Waals surface area (Å²) in [6.07, 6.45) is 0. The Balaban J connectivity index is 2.01. The van der Waals surface area contributed by atoms with Crippen molar-refractivity contribution in [3.05, 3.63) is 54.0 Å². The van der Waals surface area contributed by atoms with E-state index in [1.54, 1.807) is 6.07 Å². The van der Waals surface area contributed by atoms with Gasteiger partial charge < -0.3 is 0 Å². The van der Waals surface area contributed by atoms with Crippen LogP contribution in [0.25, 0.3) is 10.9 Å². The number of aromatic amines is 1. The Morgan fingerprint density at radius 1 is 1.19 bits per heavy atom. The first-order valence-electron chi connectivity index (χ1n) is 6.19. The van der Waals surface area contributed by atoms with Crippen molar-refractivity contribution in [2.45, 2.75) is 11.8 Å². The second kappa shape index (κ2) is 4.85. The van der Waals surface area contributed by atoms with Gasteiger partial charge in [0.1, 0.15) is 5.82 Å². The highest BCUT2D eigenvalue weighted by Gasteiger charge is 2.16. The van der Waals surface area contributed by atoms with Crippen LogP contribution in [0.3, 0.4) is 0 Å². The normalized spacial score (nSPS) is 11.7. The van der Waals surface area contributed by atoms with Crippen molar-refractivity contribution >= 4 is 26.6 Å². The zero-order valence-electron chi connectivity index (χ0n) is 11.1. The second-order valence-electron chi connectivity index (χ2n) is 4.64. The summed E-state index contributed by atoms with van der Waals surface area (Å²) in [7, 11) is -3.77. The van der Waals surface area contributed by atoms with Crippen molar-refractivity contribution in [1.29, 1.82) is 0 Å². The molecule has 0 amide bonds. The smallest absolute Gasteiger partial charge is 0.261 e. The molecule has 2 aromatic carbocycles. The van der Waals surface area contributed by atoms with Crippen molar-refractivity contribution in [3.63, 3.8) is 0 Å². The minimum Gasteiger partial charge on any atom is -0.282 e. The van der Waals surface area contributed by atoms with Gasteiger partial charge in [-0.1, -0.05) is 6.07 Å². The Morgan fingerprint density at radius 2 is 2.00 bits per heavy atom. The molecule has 2 N–H and O–H groups in total. The monoisotopic (exact) mass is 305 g/mol. The third kappa shape index (κ3) is 2.59. The lowest BCUT2D eigenvalue weighted by Crippen LogP contribution is -2.12. The van der Waals surface area contributed by atoms with Gasteiger partial charge in [0.15, 0.2) is 0 Å². The molecule has 7 heteroatoms. The van der Waals surface area contributed by atoms with E-state index in [1.165, 1.54) is 30.3 Å². The van der Waals surface area contributed by atoms with Gasteiger partial charge in [-0.3, -0.25) is 9.82 Å². The number of nitrogens with one attached hydrogen (secondary N) is 2. The van der Waals surface area contributed by atoms with Crippen molar-refractivity contribution in [2.24, 2.45) is 0 Å². The van der Waals surface area contributed by atoms with E-state index in [0.717, 1.165) is 17.1 Å². The SMILES string of the molecule is Cc1[nH]nc2ccc(S(=O)(=O)Nc3cccc(F)c3)cc12. The number of halogens is 1. The molecule has 0 aliphatic carbocycles. The number of H-pyrrole nitrogens is 1. The van der Waals surface area contributed by atoms with E-state index in [2.05, 4.69) is 14.9 Å². The van der Waals surface area contributed by atoms with Gasteiger partial charge in [-0.15, -0.1) is 0 Å². The summed E-state index contributed by atoms with van der Waals surface area (Å²) in [6.45, 7) is 1.81. The number of rotatable bonds is 3. The van der Waals surface area contributed by atoms with Gasteiger partial charge in [-0.25, -0.2) is 12.8 Å². The standard InChI is InChI=1S/C14H12FN3O2S/c1-9-13-8-12(5-6-14(13)17-16-9)21(19,20)18-11-4-2-3-10(15)7-11/h2-8,18H,1H3,(H,16,17). The van der Waals surface area contributed by atoms with E-state index in [4.69, 9.17) is 0 Å². The largest absolute Gasteiger partial charge is 0.282 e. The summed E-state index contributed by atoms with van der Waals surface area (Å²) in [5, 5.41) is 7.58. The highest BCUT2D eigenvalue weighted by Crippen LogP contribution is 2.22. The molecule has 0 fully saturated rings. The van der Waals surface area contributed by atoms with Crippen LogP contribution in [0.1, 0.15) is 5.69 Å². The highest BCUT2D eigenvalue weighted by molar-refractivity contribution is 7.92. The number of benzene rings is 2. The van der Waals surface area contributed by atoms with Crippen molar-refractivity contribution in [1.82, 2.24) is 10.2 Å². The predicted octanol–water partition coefficient (Wildman–Crippen LogP) is 2.81. The summed E-state index contributed by atoms with van der Waals surface area (Å²) in [5.74, 6) is -0.503. The van der Waals surface area contributed by atoms with E-state index in [0.29, 0.717) is 5.52 Å². The third-order valence-corrected chi connectivity index (χ3v) is 4.48. The molecule has 5 nitrogen and oxygen atoms in total. The summed E-state index contributed by atoms with van der Waals surface area (Å²) >= 11 is 0. The Hall–Kier alpha value is -2.41. The maximum absolute atomic E-state index is 13.1. The Morgan fingerprint density at radius 3 is 2.76 bits per heavy atom. The van der Waals surface area contributed by atoms with Gasteiger partial charge in [0, 0.05) is 11.1 Å². The van der Waals surface area contributed by atoms with E-state index in [9.17, 15) is 12.8 Å². The number of hydrogen-bond donors (Lipinski definition) is 2. The van der Waals surface area contributed by atoms with Crippen LogP contribution in [0, 0.1) is 12.7 Å². The fraction of sp³-hybridized carbons (Fsp3) is 0.0714. The van der Waals surface area contributed by atoms with Gasteiger partial charge in [0.25, 0.3) is 10.0 Å². The Labute approximate surface area is 120 Å². The Bertz CT molecular complexity index is 919. The van der Waals surface area contributed by atoms with Crippen molar-refractivity contribution in [2.75, 3.05) is 4.72 Å². The molecule has 0 saturated heterocycles. The van der Waals surface area contributed by atoms with Gasteiger partial charge in [0.2, 0.25) is 0 Å². The molecule has 0 atom stereocenters. The van der Waals surface area contributed by atoms with Gasteiger partial charge in [-0.2, -0.15) is 5.10 Å². The quantitative estimate of drug-likeness (QED) is 0.781. The minimum absolute atomic E-state index is 0.101. The van der Waals surface area contributed by atoms with Crippen LogP contribution in [0.2, 0.25) is 0 Å². The lowest BCUT2D eigenvalue weighted by molar-refractivity contribution is 0.601. The van der Waals surface area contributed by atoms with Crippen LogP contribution in [-0.2, 0) is 10.0 Å². The third-order valence-electron chi connectivity index (χ3n) is 3.10. The molecular formula is C14H12FN3O2S. The van der Waals surface area contributed by atoms with Crippen molar-refractivity contribution < 1.29 is 12.8 Å². The van der Waals surface area contributed by atoms with E-state index in [-0.39, 0.29) is 10.6 Å². The molecule has 0 radical (unpaired) electrons. The molecular weight excluding hydrogens is 293 g/mol. The number of nitrogens with zero attached hydrogens (tertiary/aromatic N) is 1. The second-order valence-corrected chi connectivity index (χ2v) is 6.33. The first kappa shape index (κ1) is 13.6. The van der Waals surface area contributed by atoms with Crippen LogP contribution >= 0.6 is 0 Å². The topological polar surface area (TPSA) is 74.8 Å². The number of aromatic nitrogens is 2. The van der Waals surface area contributed by atoms with Crippen LogP contribution in [0.15, 0.2) is 47.4 Å². The first-order chi connectivity index (χ1) is 9.95. The zero-order chi connectivity index (χ0) is 15.0. The van der Waals surface area contributed by atoms with Gasteiger partial charge in [0.05, 0.1) is 16.1 Å². The molecule has 0 bridgehead atoms. The number of sulfonamides is 1. The average molecular weight is 305 g/mol. The summed E-state index contributed by atoms with van der Waals surface area (Å²) in [4.78, 5) is 0.101. The first-order valence-corrected chi connectivity index (χ1v) is 7.67. The predicted molar refractivity (Wildman–Crippen MR) is 78.0 cm³/mol. The van der Waals surface area contributed by atoms with Crippen LogP contribution < -0.4 is 4.72 Å². The lowest BCUT2D eigenvalue weighted by atomic mass is 10.2. The maximum atomic E-state index is 13.1. The fourth-order valence-electron chi connectivity index (χ4n) is 2.05. The summed E-state index contributed by atoms with van der Waals surface area (Å²) < 4.78 is 40.1. The molecule has 0 aliphatic heterocycles. The van der Waals surface area contributed by atoms with Gasteiger partial charge in [-0.05, 0) is 43.3 Å². The van der Waals surface area contributed by atoms with Crippen molar-refractivity contribution in [3.8, 4) is 0 Å². The molecule has 0 unspecified atom stereocenters. The van der Waals surface area contributed by atoms with Crippen LogP contribution in [0.5, 0.6) is 0 Å². The molecule has 0 aliphatic rings. The van der Waals surface area contributed by atoms with E-state index >= 15 is 0 Å². The summed E-state index contributed by atoms with van der Waals surface area (Å²) in [5.41, 5.74) is 1.66. The molecule has 1 heterocycles. The van der Waals surface area contributed by atoms with Crippen LogP contribution in [0.4, 0.5) is 10.1 Å². The molecule has 0 spiro atoms. The molecule has 1 aromatic heterocycles. The van der Waals surface area contributed by atoms with Crippen LogP contribution in [-0.4, -0.2) is 18.6 Å². The zero-order valence-corrected chi connectivity index (χ0v) is 11.9. The molecule has 21 heavy (non-hydrogen) atoms. The fourth-order valence-corrected chi connectivity index (χ4v) is 3.13. The molecule has 108 valence electrons. The minimum atomic E-state index is -3.77. The molecule has 3 aromatic rings. The van der Waals surface area contributed by atoms with E-state index < -0.39 is 15.8 Å². The average Bonchev–Trinajstić information content (AvgIpc) is 2.79. The van der Waals surface area contributed by atoms with Gasteiger partial charge >= 0.3 is 0 Å². The maximum Gasteiger partial charge on any atom is 0.261 e. The molecule has 0 saturated carbocycles.